The zero-order valence-electron chi connectivity index (χ0n) is 11.3. The molecule has 4 nitrogen and oxygen atoms in total. The van der Waals surface area contributed by atoms with Crippen LogP contribution in [0.1, 0.15) is 25.7 Å². The number of hydrogen-bond acceptors (Lipinski definition) is 2. The molecule has 0 atom stereocenters. The monoisotopic (exact) mass is 409 g/mol. The Kier molecular flexibility index (Phi) is 8.06. The van der Waals surface area contributed by atoms with E-state index < -0.39 is 0 Å². The van der Waals surface area contributed by atoms with E-state index in [1.54, 1.807) is 6.07 Å². The molecule has 0 heterocycles. The lowest BCUT2D eigenvalue weighted by Crippen LogP contribution is -2.38. The molecule has 0 radical (unpaired) electrons. The van der Waals surface area contributed by atoms with Crippen LogP contribution in [-0.4, -0.2) is 25.2 Å². The van der Waals surface area contributed by atoms with Crippen molar-refractivity contribution in [3.8, 4) is 5.75 Å². The topological polar surface area (TPSA) is 59.6 Å². The first kappa shape index (κ1) is 17.4. The Labute approximate surface area is 142 Å². The summed E-state index contributed by atoms with van der Waals surface area (Å²) in [6, 6.07) is 7.83. The van der Waals surface area contributed by atoms with Crippen LogP contribution in [0.15, 0.2) is 29.3 Å². The van der Waals surface area contributed by atoms with Crippen LogP contribution in [-0.2, 0) is 0 Å². The van der Waals surface area contributed by atoms with E-state index in [9.17, 15) is 0 Å². The summed E-state index contributed by atoms with van der Waals surface area (Å²) in [6.45, 7) is 1.03. The summed E-state index contributed by atoms with van der Waals surface area (Å²) in [7, 11) is 0. The Morgan fingerprint density at radius 1 is 1.40 bits per heavy atom. The molecule has 0 aromatic heterocycles. The van der Waals surface area contributed by atoms with Gasteiger partial charge in [0.05, 0.1) is 6.54 Å². The summed E-state index contributed by atoms with van der Waals surface area (Å²) in [5.41, 5.74) is 5.82. The number of rotatable bonds is 5. The summed E-state index contributed by atoms with van der Waals surface area (Å²) >= 11 is 5.87. The molecule has 0 unspecified atom stereocenters. The summed E-state index contributed by atoms with van der Waals surface area (Å²) < 4.78 is 5.53. The van der Waals surface area contributed by atoms with Crippen LogP contribution in [0.5, 0.6) is 5.75 Å². The van der Waals surface area contributed by atoms with Crippen LogP contribution in [0.3, 0.4) is 0 Å². The minimum Gasteiger partial charge on any atom is -0.492 e. The molecule has 1 aliphatic rings. The molecule has 1 fully saturated rings. The van der Waals surface area contributed by atoms with Crippen molar-refractivity contribution >= 4 is 41.5 Å². The summed E-state index contributed by atoms with van der Waals surface area (Å²) in [4.78, 5) is 4.25. The van der Waals surface area contributed by atoms with Crippen molar-refractivity contribution in [1.29, 1.82) is 0 Å². The second-order valence-corrected chi connectivity index (χ2v) is 5.13. The minimum absolute atomic E-state index is 0. The maximum atomic E-state index is 5.87. The van der Waals surface area contributed by atoms with Gasteiger partial charge in [-0.2, -0.15) is 0 Å². The third kappa shape index (κ3) is 6.17. The third-order valence-corrected chi connectivity index (χ3v) is 3.38. The molecular weight excluding hydrogens is 389 g/mol. The lowest BCUT2D eigenvalue weighted by Gasteiger charge is -2.12. The summed E-state index contributed by atoms with van der Waals surface area (Å²) in [5, 5.41) is 3.91. The molecule has 112 valence electrons. The minimum atomic E-state index is 0. The SMILES string of the molecule is I.NC(=NCCOc1cccc(Cl)c1)NC1CCCC1. The van der Waals surface area contributed by atoms with Gasteiger partial charge in [-0.3, -0.25) is 0 Å². The molecule has 6 heteroatoms. The van der Waals surface area contributed by atoms with Gasteiger partial charge in [-0.05, 0) is 31.0 Å². The highest BCUT2D eigenvalue weighted by atomic mass is 127. The molecule has 20 heavy (non-hydrogen) atoms. The predicted molar refractivity (Wildman–Crippen MR) is 94.2 cm³/mol. The Balaban J connectivity index is 0.00000200. The fraction of sp³-hybridized carbons (Fsp3) is 0.500. The van der Waals surface area contributed by atoms with E-state index >= 15 is 0 Å². The van der Waals surface area contributed by atoms with E-state index in [2.05, 4.69) is 10.3 Å². The molecule has 0 saturated heterocycles. The van der Waals surface area contributed by atoms with Crippen molar-refractivity contribution in [3.63, 3.8) is 0 Å². The Bertz CT molecular complexity index is 436. The van der Waals surface area contributed by atoms with Crippen LogP contribution in [0.2, 0.25) is 5.02 Å². The van der Waals surface area contributed by atoms with E-state index in [0.29, 0.717) is 30.2 Å². The number of ether oxygens (including phenoxy) is 1. The van der Waals surface area contributed by atoms with Gasteiger partial charge in [0.1, 0.15) is 12.4 Å². The van der Waals surface area contributed by atoms with Crippen LogP contribution < -0.4 is 15.8 Å². The van der Waals surface area contributed by atoms with Gasteiger partial charge in [-0.1, -0.05) is 30.5 Å². The average molecular weight is 410 g/mol. The highest BCUT2D eigenvalue weighted by Crippen LogP contribution is 2.17. The summed E-state index contributed by atoms with van der Waals surface area (Å²) in [5.74, 6) is 1.27. The van der Waals surface area contributed by atoms with Crippen LogP contribution in [0.25, 0.3) is 0 Å². The van der Waals surface area contributed by atoms with Gasteiger partial charge < -0.3 is 15.8 Å². The van der Waals surface area contributed by atoms with Crippen LogP contribution in [0, 0.1) is 0 Å². The van der Waals surface area contributed by atoms with Crippen molar-refractivity contribution in [3.05, 3.63) is 29.3 Å². The fourth-order valence-corrected chi connectivity index (χ4v) is 2.39. The molecule has 0 bridgehead atoms. The van der Waals surface area contributed by atoms with E-state index in [1.807, 2.05) is 18.2 Å². The van der Waals surface area contributed by atoms with E-state index in [1.165, 1.54) is 25.7 Å². The van der Waals surface area contributed by atoms with E-state index in [4.69, 9.17) is 22.1 Å². The molecule has 3 N–H and O–H groups in total. The maximum absolute atomic E-state index is 5.87. The smallest absolute Gasteiger partial charge is 0.188 e. The van der Waals surface area contributed by atoms with Gasteiger partial charge in [0.2, 0.25) is 0 Å². The number of aliphatic imine (C=N–C) groups is 1. The lowest BCUT2D eigenvalue weighted by atomic mass is 10.2. The molecule has 2 rings (SSSR count). The highest BCUT2D eigenvalue weighted by molar-refractivity contribution is 14.0. The Hall–Kier alpha value is -0.690. The van der Waals surface area contributed by atoms with Crippen molar-refractivity contribution in [1.82, 2.24) is 5.32 Å². The molecule has 1 saturated carbocycles. The summed E-state index contributed by atoms with van der Waals surface area (Å²) in [6.07, 6.45) is 4.94. The number of halogens is 2. The number of guanidine groups is 1. The van der Waals surface area contributed by atoms with Gasteiger partial charge in [-0.15, -0.1) is 24.0 Å². The average Bonchev–Trinajstić information content (AvgIpc) is 2.87. The first-order chi connectivity index (χ1) is 9.24. The van der Waals surface area contributed by atoms with Gasteiger partial charge in [0, 0.05) is 11.1 Å². The molecule has 1 aromatic carbocycles. The highest BCUT2D eigenvalue weighted by Gasteiger charge is 2.14. The van der Waals surface area contributed by atoms with Gasteiger partial charge >= 0.3 is 0 Å². The number of hydrogen-bond donors (Lipinski definition) is 2. The molecule has 1 aromatic rings. The molecule has 0 amide bonds. The normalized spacial score (nSPS) is 15.8. The molecule has 0 spiro atoms. The van der Waals surface area contributed by atoms with Crippen molar-refractivity contribution in [2.24, 2.45) is 10.7 Å². The van der Waals surface area contributed by atoms with E-state index in [0.717, 1.165) is 5.75 Å². The van der Waals surface area contributed by atoms with Crippen LogP contribution in [0.4, 0.5) is 0 Å². The molecular formula is C14H21ClIN3O. The first-order valence-electron chi connectivity index (χ1n) is 6.69. The maximum Gasteiger partial charge on any atom is 0.188 e. The van der Waals surface area contributed by atoms with Crippen molar-refractivity contribution in [2.45, 2.75) is 31.7 Å². The molecule has 1 aliphatic carbocycles. The lowest BCUT2D eigenvalue weighted by molar-refractivity contribution is 0.328. The first-order valence-corrected chi connectivity index (χ1v) is 7.06. The number of nitrogens with two attached hydrogens (primary N) is 1. The number of nitrogens with one attached hydrogen (secondary N) is 1. The quantitative estimate of drug-likeness (QED) is 0.340. The van der Waals surface area contributed by atoms with E-state index in [-0.39, 0.29) is 24.0 Å². The fourth-order valence-electron chi connectivity index (χ4n) is 2.21. The second kappa shape index (κ2) is 9.28. The van der Waals surface area contributed by atoms with Gasteiger partial charge in [-0.25, -0.2) is 4.99 Å². The predicted octanol–water partition coefficient (Wildman–Crippen LogP) is 3.18. The zero-order chi connectivity index (χ0) is 13.5. The third-order valence-electron chi connectivity index (χ3n) is 3.15. The molecule has 0 aliphatic heterocycles. The Morgan fingerprint density at radius 2 is 2.15 bits per heavy atom. The standard InChI is InChI=1S/C14H20ClN3O.HI/c15-11-4-3-7-13(10-11)19-9-8-17-14(16)18-12-5-1-2-6-12;/h3-4,7,10,12H,1-2,5-6,8-9H2,(H3,16,17,18);1H. The van der Waals surface area contributed by atoms with Crippen molar-refractivity contribution in [2.75, 3.05) is 13.2 Å². The Morgan fingerprint density at radius 3 is 2.85 bits per heavy atom. The second-order valence-electron chi connectivity index (χ2n) is 4.70. The van der Waals surface area contributed by atoms with Gasteiger partial charge in [0.25, 0.3) is 0 Å². The number of benzene rings is 1. The van der Waals surface area contributed by atoms with Gasteiger partial charge in [0.15, 0.2) is 5.96 Å². The van der Waals surface area contributed by atoms with Crippen molar-refractivity contribution < 1.29 is 4.74 Å². The zero-order valence-corrected chi connectivity index (χ0v) is 14.4. The largest absolute Gasteiger partial charge is 0.492 e. The number of nitrogens with zero attached hydrogens (tertiary/aromatic N) is 1. The van der Waals surface area contributed by atoms with Crippen LogP contribution >= 0.6 is 35.6 Å².